The van der Waals surface area contributed by atoms with Gasteiger partial charge in [0.2, 0.25) is 0 Å². The van der Waals surface area contributed by atoms with Crippen LogP contribution in [-0.4, -0.2) is 27.2 Å². The Bertz CT molecular complexity index is 431. The van der Waals surface area contributed by atoms with Gasteiger partial charge in [0.05, 0.1) is 17.9 Å². The average molecular weight is 279 g/mol. The second-order valence-electron chi connectivity index (χ2n) is 5.70. The summed E-state index contributed by atoms with van der Waals surface area (Å²) in [5, 5.41) is 12.7. The van der Waals surface area contributed by atoms with Gasteiger partial charge in [0.25, 0.3) is 0 Å². The molecule has 0 bridgehead atoms. The number of imidazole rings is 1. The van der Waals surface area contributed by atoms with Crippen LogP contribution in [0.5, 0.6) is 0 Å². The fourth-order valence-corrected chi connectivity index (χ4v) is 3.10. The van der Waals surface area contributed by atoms with Crippen LogP contribution in [0.15, 0.2) is 12.5 Å². The van der Waals surface area contributed by atoms with Crippen molar-refractivity contribution in [2.24, 2.45) is 11.8 Å². The summed E-state index contributed by atoms with van der Waals surface area (Å²) in [5.41, 5.74) is 1.18. The Labute approximate surface area is 120 Å². The van der Waals surface area contributed by atoms with Crippen LogP contribution in [0.2, 0.25) is 0 Å². The highest BCUT2D eigenvalue weighted by Crippen LogP contribution is 2.29. The van der Waals surface area contributed by atoms with E-state index in [1.807, 2.05) is 12.5 Å². The van der Waals surface area contributed by atoms with Gasteiger partial charge in [0.1, 0.15) is 0 Å². The number of aromatic nitrogens is 2. The van der Waals surface area contributed by atoms with Gasteiger partial charge < -0.3 is 15.0 Å². The van der Waals surface area contributed by atoms with Gasteiger partial charge in [-0.25, -0.2) is 4.98 Å². The number of hydrogen-bond donors (Lipinski definition) is 2. The highest BCUT2D eigenvalue weighted by Gasteiger charge is 2.30. The molecule has 112 valence electrons. The van der Waals surface area contributed by atoms with Crippen molar-refractivity contribution in [1.29, 1.82) is 0 Å². The lowest BCUT2D eigenvalue weighted by Crippen LogP contribution is -2.34. The normalized spacial score (nSPS) is 22.9. The Hall–Kier alpha value is -1.36. The Morgan fingerprint density at radius 2 is 2.30 bits per heavy atom. The summed E-state index contributed by atoms with van der Waals surface area (Å²) in [7, 11) is 0. The molecule has 1 saturated carbocycles. The van der Waals surface area contributed by atoms with Gasteiger partial charge in [-0.2, -0.15) is 0 Å². The number of rotatable bonds is 7. The first kappa shape index (κ1) is 15.0. The van der Waals surface area contributed by atoms with Gasteiger partial charge in [-0.1, -0.05) is 19.8 Å². The van der Waals surface area contributed by atoms with E-state index < -0.39 is 5.97 Å². The molecule has 20 heavy (non-hydrogen) atoms. The minimum Gasteiger partial charge on any atom is -0.481 e. The SMILES string of the molecule is CCCn1cncc1CNCC1CCCCC1C(=O)O. The van der Waals surface area contributed by atoms with Gasteiger partial charge >= 0.3 is 5.97 Å². The van der Waals surface area contributed by atoms with Crippen molar-refractivity contribution < 1.29 is 9.90 Å². The fraction of sp³-hybridized carbons (Fsp3) is 0.733. The molecule has 1 heterocycles. The van der Waals surface area contributed by atoms with Gasteiger partial charge in [0, 0.05) is 19.3 Å². The van der Waals surface area contributed by atoms with Crippen LogP contribution in [0.3, 0.4) is 0 Å². The van der Waals surface area contributed by atoms with E-state index in [4.69, 9.17) is 0 Å². The largest absolute Gasteiger partial charge is 0.481 e. The van der Waals surface area contributed by atoms with Gasteiger partial charge in [0.15, 0.2) is 0 Å². The zero-order valence-corrected chi connectivity index (χ0v) is 12.2. The molecular formula is C15H25N3O2. The lowest BCUT2D eigenvalue weighted by atomic mass is 9.79. The standard InChI is InChI=1S/C15H25N3O2/c1-2-7-18-11-17-10-13(18)9-16-8-12-5-3-4-6-14(12)15(19)20/h10-12,14,16H,2-9H2,1H3,(H,19,20). The van der Waals surface area contributed by atoms with Crippen LogP contribution in [0.4, 0.5) is 0 Å². The number of aryl methyl sites for hydroxylation is 1. The second kappa shape index (κ2) is 7.43. The van der Waals surface area contributed by atoms with Crippen molar-refractivity contribution in [3.8, 4) is 0 Å². The van der Waals surface area contributed by atoms with E-state index in [1.54, 1.807) is 0 Å². The molecule has 2 unspecified atom stereocenters. The first-order valence-electron chi connectivity index (χ1n) is 7.65. The summed E-state index contributed by atoms with van der Waals surface area (Å²) in [6.07, 6.45) is 8.90. The van der Waals surface area contributed by atoms with E-state index >= 15 is 0 Å². The highest BCUT2D eigenvalue weighted by molar-refractivity contribution is 5.70. The molecule has 1 aromatic rings. The molecule has 2 atom stereocenters. The predicted octanol–water partition coefficient (Wildman–Crippen LogP) is 2.27. The van der Waals surface area contributed by atoms with Crippen molar-refractivity contribution in [3.05, 3.63) is 18.2 Å². The van der Waals surface area contributed by atoms with E-state index in [9.17, 15) is 9.90 Å². The predicted molar refractivity (Wildman–Crippen MR) is 77.3 cm³/mol. The van der Waals surface area contributed by atoms with Crippen LogP contribution >= 0.6 is 0 Å². The van der Waals surface area contributed by atoms with Gasteiger partial charge in [-0.05, 0) is 31.7 Å². The average Bonchev–Trinajstić information content (AvgIpc) is 2.87. The first-order chi connectivity index (χ1) is 9.72. The van der Waals surface area contributed by atoms with Gasteiger partial charge in [-0.15, -0.1) is 0 Å². The molecule has 0 aromatic carbocycles. The maximum absolute atomic E-state index is 11.3. The van der Waals surface area contributed by atoms with Crippen LogP contribution in [-0.2, 0) is 17.9 Å². The third-order valence-electron chi connectivity index (χ3n) is 4.20. The summed E-state index contributed by atoms with van der Waals surface area (Å²) in [6, 6.07) is 0. The molecule has 0 amide bonds. The lowest BCUT2D eigenvalue weighted by molar-refractivity contribution is -0.144. The van der Waals surface area contributed by atoms with E-state index in [1.165, 1.54) is 5.69 Å². The number of aliphatic carboxylic acids is 1. The lowest BCUT2D eigenvalue weighted by Gasteiger charge is -2.28. The fourth-order valence-electron chi connectivity index (χ4n) is 3.10. The molecule has 1 aliphatic rings. The van der Waals surface area contributed by atoms with E-state index in [0.29, 0.717) is 0 Å². The van der Waals surface area contributed by atoms with E-state index in [0.717, 1.165) is 51.7 Å². The minimum absolute atomic E-state index is 0.170. The van der Waals surface area contributed by atoms with Crippen molar-refractivity contribution in [3.63, 3.8) is 0 Å². The summed E-state index contributed by atoms with van der Waals surface area (Å²) >= 11 is 0. The van der Waals surface area contributed by atoms with E-state index in [2.05, 4.69) is 21.8 Å². The number of carbonyl (C=O) groups is 1. The molecule has 2 rings (SSSR count). The molecule has 0 aliphatic heterocycles. The molecule has 0 radical (unpaired) electrons. The maximum atomic E-state index is 11.3. The quantitative estimate of drug-likeness (QED) is 0.803. The van der Waals surface area contributed by atoms with Crippen molar-refractivity contribution in [2.45, 2.75) is 52.1 Å². The van der Waals surface area contributed by atoms with Gasteiger partial charge in [-0.3, -0.25) is 4.79 Å². The molecule has 1 fully saturated rings. The van der Waals surface area contributed by atoms with Crippen LogP contribution in [0.25, 0.3) is 0 Å². The molecule has 0 saturated heterocycles. The summed E-state index contributed by atoms with van der Waals surface area (Å²) in [5.74, 6) is -0.534. The minimum atomic E-state index is -0.632. The molecular weight excluding hydrogens is 254 g/mol. The number of hydrogen-bond acceptors (Lipinski definition) is 3. The Kier molecular flexibility index (Phi) is 5.59. The number of carboxylic acids is 1. The third kappa shape index (κ3) is 3.82. The Morgan fingerprint density at radius 1 is 1.50 bits per heavy atom. The van der Waals surface area contributed by atoms with Crippen LogP contribution in [0, 0.1) is 11.8 Å². The van der Waals surface area contributed by atoms with Crippen LogP contribution in [0.1, 0.15) is 44.7 Å². The van der Waals surface area contributed by atoms with Crippen molar-refractivity contribution >= 4 is 5.97 Å². The zero-order chi connectivity index (χ0) is 14.4. The highest BCUT2D eigenvalue weighted by atomic mass is 16.4. The first-order valence-corrected chi connectivity index (χ1v) is 7.65. The van der Waals surface area contributed by atoms with Crippen molar-refractivity contribution in [1.82, 2.24) is 14.9 Å². The Balaban J connectivity index is 1.82. The molecule has 0 spiro atoms. The molecule has 2 N–H and O–H groups in total. The topological polar surface area (TPSA) is 67.2 Å². The smallest absolute Gasteiger partial charge is 0.306 e. The van der Waals surface area contributed by atoms with E-state index in [-0.39, 0.29) is 11.8 Å². The maximum Gasteiger partial charge on any atom is 0.306 e. The molecule has 1 aromatic heterocycles. The molecule has 1 aliphatic carbocycles. The monoisotopic (exact) mass is 279 g/mol. The number of carboxylic acid groups (broad SMARTS) is 1. The zero-order valence-electron chi connectivity index (χ0n) is 12.2. The number of nitrogens with zero attached hydrogens (tertiary/aromatic N) is 2. The summed E-state index contributed by atoms with van der Waals surface area (Å²) in [6.45, 7) is 4.69. The molecule has 5 nitrogen and oxygen atoms in total. The Morgan fingerprint density at radius 3 is 3.05 bits per heavy atom. The van der Waals surface area contributed by atoms with Crippen LogP contribution < -0.4 is 5.32 Å². The number of nitrogens with one attached hydrogen (secondary N) is 1. The molecule has 5 heteroatoms. The summed E-state index contributed by atoms with van der Waals surface area (Å²) < 4.78 is 2.16. The second-order valence-corrected chi connectivity index (χ2v) is 5.70. The third-order valence-corrected chi connectivity index (χ3v) is 4.20. The summed E-state index contributed by atoms with van der Waals surface area (Å²) in [4.78, 5) is 15.4. The van der Waals surface area contributed by atoms with Crippen molar-refractivity contribution in [2.75, 3.05) is 6.54 Å².